The topological polar surface area (TPSA) is 68.7 Å². The molecule has 0 N–H and O–H groups in total. The Morgan fingerprint density at radius 1 is 1.48 bits per heavy atom. The third-order valence-electron chi connectivity index (χ3n) is 4.44. The fourth-order valence-electron chi connectivity index (χ4n) is 3.40. The van der Waals surface area contributed by atoms with Gasteiger partial charge < -0.3 is 9.47 Å². The minimum atomic E-state index is -3.24. The van der Waals surface area contributed by atoms with Crippen LogP contribution in [0.4, 0.5) is 0 Å². The van der Waals surface area contributed by atoms with Crippen molar-refractivity contribution in [1.29, 1.82) is 0 Å². The van der Waals surface area contributed by atoms with Gasteiger partial charge in [-0.25, -0.2) is 8.42 Å². The standard InChI is InChI=1S/C16H24N2O4S/c1-2-9-23(19,20)18-11-15(16-14(18)6-4-8-21-16)22-12-13-5-3-7-17-10-13/h3,5,7,10,14-16H,2,4,6,8-9,11-12H2,1H3/t14-,15+,16+/m1/s1. The van der Waals surface area contributed by atoms with Crippen molar-refractivity contribution >= 4 is 10.0 Å². The first-order chi connectivity index (χ1) is 11.1. The van der Waals surface area contributed by atoms with Crippen LogP contribution in [-0.4, -0.2) is 54.9 Å². The Morgan fingerprint density at radius 3 is 3.09 bits per heavy atom. The number of sulfonamides is 1. The summed E-state index contributed by atoms with van der Waals surface area (Å²) in [5.41, 5.74) is 0.981. The van der Waals surface area contributed by atoms with Crippen LogP contribution in [-0.2, 0) is 26.1 Å². The molecule has 6 nitrogen and oxygen atoms in total. The number of rotatable bonds is 6. The molecule has 2 saturated heterocycles. The van der Waals surface area contributed by atoms with Crippen molar-refractivity contribution < 1.29 is 17.9 Å². The summed E-state index contributed by atoms with van der Waals surface area (Å²) in [5.74, 6) is 0.186. The van der Waals surface area contributed by atoms with Gasteiger partial charge in [-0.05, 0) is 30.9 Å². The molecule has 0 unspecified atom stereocenters. The number of nitrogens with zero attached hydrogens (tertiary/aromatic N) is 2. The van der Waals surface area contributed by atoms with Crippen molar-refractivity contribution in [2.24, 2.45) is 0 Å². The first kappa shape index (κ1) is 16.8. The molecular weight excluding hydrogens is 316 g/mol. The van der Waals surface area contributed by atoms with Crippen molar-refractivity contribution in [2.45, 2.75) is 51.0 Å². The first-order valence-electron chi connectivity index (χ1n) is 8.23. The van der Waals surface area contributed by atoms with E-state index in [2.05, 4.69) is 4.98 Å². The molecule has 2 aliphatic heterocycles. The van der Waals surface area contributed by atoms with Gasteiger partial charge >= 0.3 is 0 Å². The van der Waals surface area contributed by atoms with Gasteiger partial charge in [0.15, 0.2) is 0 Å². The second-order valence-electron chi connectivity index (χ2n) is 6.14. The van der Waals surface area contributed by atoms with Gasteiger partial charge in [0.2, 0.25) is 10.0 Å². The van der Waals surface area contributed by atoms with Crippen molar-refractivity contribution in [1.82, 2.24) is 9.29 Å². The van der Waals surface area contributed by atoms with Crippen LogP contribution < -0.4 is 0 Å². The number of hydrogen-bond acceptors (Lipinski definition) is 5. The van der Waals surface area contributed by atoms with Crippen molar-refractivity contribution in [2.75, 3.05) is 18.9 Å². The van der Waals surface area contributed by atoms with Gasteiger partial charge in [-0.15, -0.1) is 0 Å². The molecule has 2 aliphatic rings. The molecule has 0 amide bonds. The maximum Gasteiger partial charge on any atom is 0.214 e. The molecule has 3 rings (SSSR count). The van der Waals surface area contributed by atoms with E-state index in [0.29, 0.717) is 26.2 Å². The Morgan fingerprint density at radius 2 is 2.35 bits per heavy atom. The quantitative estimate of drug-likeness (QED) is 0.786. The Hall–Kier alpha value is -1.02. The van der Waals surface area contributed by atoms with E-state index < -0.39 is 10.0 Å². The van der Waals surface area contributed by atoms with Crippen LogP contribution in [0, 0.1) is 0 Å². The molecule has 7 heteroatoms. The van der Waals surface area contributed by atoms with Crippen LogP contribution >= 0.6 is 0 Å². The molecule has 3 heterocycles. The average Bonchev–Trinajstić information content (AvgIpc) is 2.94. The Bertz CT molecular complexity index is 608. The number of pyridine rings is 1. The van der Waals surface area contributed by atoms with Crippen molar-refractivity contribution in [3.05, 3.63) is 30.1 Å². The van der Waals surface area contributed by atoms with Crippen LogP contribution in [0.25, 0.3) is 0 Å². The number of ether oxygens (including phenoxy) is 2. The van der Waals surface area contributed by atoms with E-state index in [1.807, 2.05) is 19.1 Å². The average molecular weight is 340 g/mol. The summed E-state index contributed by atoms with van der Waals surface area (Å²) >= 11 is 0. The van der Waals surface area contributed by atoms with Gasteiger partial charge in [-0.3, -0.25) is 4.98 Å². The van der Waals surface area contributed by atoms with Crippen molar-refractivity contribution in [3.63, 3.8) is 0 Å². The predicted octanol–water partition coefficient (Wildman–Crippen LogP) is 1.57. The molecule has 0 aromatic carbocycles. The summed E-state index contributed by atoms with van der Waals surface area (Å²) in [7, 11) is -3.24. The molecule has 3 atom stereocenters. The van der Waals surface area contributed by atoms with Crippen LogP contribution in [0.5, 0.6) is 0 Å². The highest BCUT2D eigenvalue weighted by Gasteiger charge is 2.48. The van der Waals surface area contributed by atoms with Crippen LogP contribution in [0.15, 0.2) is 24.5 Å². The number of hydrogen-bond donors (Lipinski definition) is 0. The Labute approximate surface area is 137 Å². The molecule has 0 bridgehead atoms. The lowest BCUT2D eigenvalue weighted by Crippen LogP contribution is -2.44. The second-order valence-corrected chi connectivity index (χ2v) is 8.18. The Balaban J connectivity index is 1.71. The summed E-state index contributed by atoms with van der Waals surface area (Å²) in [5, 5.41) is 0. The molecule has 1 aromatic heterocycles. The highest BCUT2D eigenvalue weighted by molar-refractivity contribution is 7.89. The minimum absolute atomic E-state index is 0.0841. The lowest BCUT2D eigenvalue weighted by molar-refractivity contribution is -0.0802. The minimum Gasteiger partial charge on any atom is -0.374 e. The van der Waals surface area contributed by atoms with Crippen molar-refractivity contribution in [3.8, 4) is 0 Å². The van der Waals surface area contributed by atoms with Crippen LogP contribution in [0.3, 0.4) is 0 Å². The van der Waals surface area contributed by atoms with E-state index >= 15 is 0 Å². The van der Waals surface area contributed by atoms with E-state index in [1.165, 1.54) is 0 Å². The van der Waals surface area contributed by atoms with E-state index in [-0.39, 0.29) is 24.0 Å². The summed E-state index contributed by atoms with van der Waals surface area (Å²) in [6.45, 7) is 3.37. The fourth-order valence-corrected chi connectivity index (χ4v) is 5.16. The highest BCUT2D eigenvalue weighted by atomic mass is 32.2. The second kappa shape index (κ2) is 7.25. The van der Waals surface area contributed by atoms with Gasteiger partial charge in [-0.1, -0.05) is 13.0 Å². The predicted molar refractivity (Wildman–Crippen MR) is 86.4 cm³/mol. The lowest BCUT2D eigenvalue weighted by atomic mass is 10.0. The lowest BCUT2D eigenvalue weighted by Gasteiger charge is -2.31. The third kappa shape index (κ3) is 3.74. The summed E-state index contributed by atoms with van der Waals surface area (Å²) < 4.78 is 38.5. The largest absolute Gasteiger partial charge is 0.374 e. The summed E-state index contributed by atoms with van der Waals surface area (Å²) in [4.78, 5) is 4.07. The zero-order chi connectivity index (χ0) is 16.3. The van der Waals surface area contributed by atoms with Gasteiger partial charge in [0.05, 0.1) is 24.5 Å². The summed E-state index contributed by atoms with van der Waals surface area (Å²) in [6.07, 6.45) is 5.48. The smallest absolute Gasteiger partial charge is 0.214 e. The van der Waals surface area contributed by atoms with Crippen LogP contribution in [0.1, 0.15) is 31.7 Å². The Kier molecular flexibility index (Phi) is 5.31. The molecule has 1 aromatic rings. The molecule has 0 saturated carbocycles. The molecule has 2 fully saturated rings. The van der Waals surface area contributed by atoms with Crippen LogP contribution in [0.2, 0.25) is 0 Å². The van der Waals surface area contributed by atoms with Gasteiger partial charge in [-0.2, -0.15) is 4.31 Å². The normalized spacial score (nSPS) is 28.7. The van der Waals surface area contributed by atoms with Gasteiger partial charge in [0.25, 0.3) is 0 Å². The number of fused-ring (bicyclic) bond motifs is 1. The zero-order valence-corrected chi connectivity index (χ0v) is 14.2. The molecule has 0 spiro atoms. The van der Waals surface area contributed by atoms with Gasteiger partial charge in [0.1, 0.15) is 6.10 Å². The SMILES string of the molecule is CCCS(=O)(=O)N1C[C@H](OCc2cccnc2)[C@H]2OCCC[C@H]21. The first-order valence-corrected chi connectivity index (χ1v) is 9.84. The molecule has 128 valence electrons. The molecule has 0 radical (unpaired) electrons. The third-order valence-corrected chi connectivity index (χ3v) is 6.49. The zero-order valence-electron chi connectivity index (χ0n) is 13.4. The maximum atomic E-state index is 12.5. The fraction of sp³-hybridized carbons (Fsp3) is 0.688. The van der Waals surface area contributed by atoms with E-state index in [1.54, 1.807) is 16.7 Å². The van der Waals surface area contributed by atoms with E-state index in [4.69, 9.17) is 9.47 Å². The molecular formula is C16H24N2O4S. The van der Waals surface area contributed by atoms with Gasteiger partial charge in [0, 0.05) is 25.5 Å². The highest BCUT2D eigenvalue weighted by Crippen LogP contribution is 2.33. The molecule has 23 heavy (non-hydrogen) atoms. The monoisotopic (exact) mass is 340 g/mol. The summed E-state index contributed by atoms with van der Waals surface area (Å²) in [6, 6.07) is 3.73. The molecule has 0 aliphatic carbocycles. The maximum absolute atomic E-state index is 12.5. The van der Waals surface area contributed by atoms with E-state index in [0.717, 1.165) is 18.4 Å². The van der Waals surface area contributed by atoms with E-state index in [9.17, 15) is 8.42 Å². The number of aromatic nitrogens is 1.